The number of anilines is 1. The maximum Gasteiger partial charge on any atom is 0.269 e. The van der Waals surface area contributed by atoms with Gasteiger partial charge in [-0.05, 0) is 38.9 Å². The average molecular weight is 394 g/mol. The number of hydrogen-bond acceptors (Lipinski definition) is 6. The molecule has 1 aliphatic rings. The molecule has 0 saturated heterocycles. The van der Waals surface area contributed by atoms with E-state index in [0.717, 1.165) is 54.9 Å². The van der Waals surface area contributed by atoms with Crippen molar-refractivity contribution in [1.29, 1.82) is 0 Å². The summed E-state index contributed by atoms with van der Waals surface area (Å²) in [5.41, 5.74) is 4.84. The molecule has 0 amide bonds. The van der Waals surface area contributed by atoms with Crippen LogP contribution in [0.4, 0.5) is 5.69 Å². The number of hydrogen-bond donors (Lipinski definition) is 3. The van der Waals surface area contributed by atoms with Crippen LogP contribution in [0.1, 0.15) is 17.5 Å². The zero-order valence-electron chi connectivity index (χ0n) is 15.8. The van der Waals surface area contributed by atoms with Crippen molar-refractivity contribution in [3.05, 3.63) is 45.7 Å². The molecular formula is C18H26N4O4S. The molecule has 0 atom stereocenters. The Morgan fingerprint density at radius 3 is 2.44 bits per heavy atom. The van der Waals surface area contributed by atoms with Gasteiger partial charge in [-0.1, -0.05) is 24.3 Å². The topological polar surface area (TPSA) is 115 Å². The smallest absolute Gasteiger partial charge is 0.269 e. The first-order chi connectivity index (χ1) is 12.6. The molecule has 27 heavy (non-hydrogen) atoms. The Balaban J connectivity index is 0.000000465. The zero-order chi connectivity index (χ0) is 20.0. The van der Waals surface area contributed by atoms with Crippen LogP contribution < -0.4 is 10.9 Å². The SMILES string of the molecule is CN(C)CCc1ccc(-c2n[nH]c(=O)c3c2NCCC3)cc1.CS(=O)(=O)O. The Labute approximate surface area is 159 Å². The van der Waals surface area contributed by atoms with Crippen LogP contribution in [0.2, 0.25) is 0 Å². The molecule has 1 aliphatic heterocycles. The summed E-state index contributed by atoms with van der Waals surface area (Å²) < 4.78 is 25.9. The van der Waals surface area contributed by atoms with Crippen LogP contribution in [-0.2, 0) is 23.0 Å². The maximum atomic E-state index is 11.9. The van der Waals surface area contributed by atoms with E-state index in [1.807, 2.05) is 0 Å². The largest absolute Gasteiger partial charge is 0.383 e. The summed E-state index contributed by atoms with van der Waals surface area (Å²) in [4.78, 5) is 14.1. The van der Waals surface area contributed by atoms with E-state index in [9.17, 15) is 13.2 Å². The number of aromatic amines is 1. The van der Waals surface area contributed by atoms with Gasteiger partial charge in [-0.15, -0.1) is 0 Å². The molecule has 0 unspecified atom stereocenters. The minimum Gasteiger partial charge on any atom is -0.383 e. The number of fused-ring (bicyclic) bond motifs is 1. The molecule has 1 aromatic heterocycles. The predicted octanol–water partition coefficient (Wildman–Crippen LogP) is 1.40. The highest BCUT2D eigenvalue weighted by Crippen LogP contribution is 2.29. The van der Waals surface area contributed by atoms with Crippen LogP contribution in [0.5, 0.6) is 0 Å². The van der Waals surface area contributed by atoms with Gasteiger partial charge < -0.3 is 10.2 Å². The van der Waals surface area contributed by atoms with E-state index in [-0.39, 0.29) is 5.56 Å². The Kier molecular flexibility index (Phi) is 7.11. The lowest BCUT2D eigenvalue weighted by molar-refractivity contribution is 0.413. The summed E-state index contributed by atoms with van der Waals surface area (Å²) in [5.74, 6) is 0. The number of nitrogens with one attached hydrogen (secondary N) is 2. The first-order valence-electron chi connectivity index (χ1n) is 8.67. The van der Waals surface area contributed by atoms with E-state index in [1.165, 1.54) is 5.56 Å². The summed E-state index contributed by atoms with van der Waals surface area (Å²) in [6, 6.07) is 8.45. The maximum absolute atomic E-state index is 11.9. The molecule has 2 aromatic rings. The van der Waals surface area contributed by atoms with Crippen LogP contribution in [0.25, 0.3) is 11.3 Å². The minimum atomic E-state index is -3.67. The molecule has 0 radical (unpaired) electrons. The van der Waals surface area contributed by atoms with Crippen molar-refractivity contribution in [1.82, 2.24) is 15.1 Å². The first kappa shape index (κ1) is 21.1. The summed E-state index contributed by atoms with van der Waals surface area (Å²) >= 11 is 0. The van der Waals surface area contributed by atoms with Gasteiger partial charge in [0.1, 0.15) is 5.69 Å². The molecule has 8 nitrogen and oxygen atoms in total. The van der Waals surface area contributed by atoms with Crippen molar-refractivity contribution >= 4 is 15.8 Å². The molecule has 0 spiro atoms. The Bertz CT molecular complexity index is 913. The van der Waals surface area contributed by atoms with E-state index >= 15 is 0 Å². The van der Waals surface area contributed by atoms with Gasteiger partial charge in [0, 0.05) is 24.2 Å². The van der Waals surface area contributed by atoms with Crippen LogP contribution in [0.3, 0.4) is 0 Å². The van der Waals surface area contributed by atoms with Crippen LogP contribution >= 0.6 is 0 Å². The third kappa shape index (κ3) is 6.78. The van der Waals surface area contributed by atoms with E-state index in [2.05, 4.69) is 58.8 Å². The predicted molar refractivity (Wildman–Crippen MR) is 107 cm³/mol. The van der Waals surface area contributed by atoms with E-state index in [0.29, 0.717) is 6.26 Å². The van der Waals surface area contributed by atoms with Crippen LogP contribution in [-0.4, -0.2) is 61.5 Å². The third-order valence-electron chi connectivity index (χ3n) is 4.06. The fourth-order valence-corrected chi connectivity index (χ4v) is 2.78. The number of aromatic nitrogens is 2. The summed E-state index contributed by atoms with van der Waals surface area (Å²) in [6.07, 6.45) is 3.55. The summed E-state index contributed by atoms with van der Waals surface area (Å²) in [7, 11) is 0.493. The molecular weight excluding hydrogens is 368 g/mol. The molecule has 3 rings (SSSR count). The first-order valence-corrected chi connectivity index (χ1v) is 10.5. The number of likely N-dealkylation sites (N-methyl/N-ethyl adjacent to an activating group) is 1. The van der Waals surface area contributed by atoms with Crippen molar-refractivity contribution in [2.45, 2.75) is 19.3 Å². The van der Waals surface area contributed by atoms with Gasteiger partial charge in [0.25, 0.3) is 15.7 Å². The second kappa shape index (κ2) is 9.12. The van der Waals surface area contributed by atoms with Crippen molar-refractivity contribution in [2.24, 2.45) is 0 Å². The van der Waals surface area contributed by atoms with Crippen LogP contribution in [0, 0.1) is 0 Å². The summed E-state index contributed by atoms with van der Waals surface area (Å²) in [5, 5.41) is 10.2. The Morgan fingerprint density at radius 2 is 1.85 bits per heavy atom. The van der Waals surface area contributed by atoms with Crippen molar-refractivity contribution in [3.8, 4) is 11.3 Å². The Hall–Kier alpha value is -2.23. The molecule has 2 heterocycles. The van der Waals surface area contributed by atoms with E-state index in [1.54, 1.807) is 0 Å². The van der Waals surface area contributed by atoms with Gasteiger partial charge in [-0.25, -0.2) is 5.10 Å². The molecule has 0 saturated carbocycles. The number of rotatable bonds is 4. The third-order valence-corrected chi connectivity index (χ3v) is 4.06. The van der Waals surface area contributed by atoms with Gasteiger partial charge >= 0.3 is 0 Å². The van der Waals surface area contributed by atoms with Gasteiger partial charge in [0.2, 0.25) is 0 Å². The second-order valence-electron chi connectivity index (χ2n) is 6.77. The second-order valence-corrected chi connectivity index (χ2v) is 8.23. The van der Waals surface area contributed by atoms with Gasteiger partial charge in [0.15, 0.2) is 0 Å². The van der Waals surface area contributed by atoms with E-state index in [4.69, 9.17) is 4.55 Å². The number of H-pyrrole nitrogens is 1. The molecule has 3 N–H and O–H groups in total. The lowest BCUT2D eigenvalue weighted by Gasteiger charge is -2.19. The van der Waals surface area contributed by atoms with Crippen molar-refractivity contribution in [2.75, 3.05) is 38.8 Å². The normalized spacial score (nSPS) is 13.4. The lowest BCUT2D eigenvalue weighted by Crippen LogP contribution is -2.24. The molecule has 0 fully saturated rings. The van der Waals surface area contributed by atoms with E-state index < -0.39 is 10.1 Å². The highest BCUT2D eigenvalue weighted by Gasteiger charge is 2.18. The fraction of sp³-hybridized carbons (Fsp3) is 0.444. The average Bonchev–Trinajstić information content (AvgIpc) is 2.60. The zero-order valence-corrected chi connectivity index (χ0v) is 16.6. The standard InChI is InChI=1S/C17H22N4O.CH4O3S/c1-21(2)11-9-12-5-7-13(8-6-12)15-16-14(4-3-10-18-16)17(22)20-19-15;1-5(2,3)4/h5-8,18H,3-4,9-11H2,1-2H3,(H,20,22);1H3,(H,2,3,4). The van der Waals surface area contributed by atoms with Gasteiger partial charge in [-0.2, -0.15) is 13.5 Å². The highest BCUT2D eigenvalue weighted by molar-refractivity contribution is 7.85. The van der Waals surface area contributed by atoms with Crippen molar-refractivity contribution in [3.63, 3.8) is 0 Å². The number of nitrogens with zero attached hydrogens (tertiary/aromatic N) is 2. The fourth-order valence-electron chi connectivity index (χ4n) is 2.78. The summed E-state index contributed by atoms with van der Waals surface area (Å²) in [6.45, 7) is 1.93. The van der Waals surface area contributed by atoms with Crippen molar-refractivity contribution < 1.29 is 13.0 Å². The number of benzene rings is 1. The molecule has 0 bridgehead atoms. The Morgan fingerprint density at radius 1 is 1.22 bits per heavy atom. The monoisotopic (exact) mass is 394 g/mol. The minimum absolute atomic E-state index is 0.0754. The quantitative estimate of drug-likeness (QED) is 0.671. The molecule has 0 aliphatic carbocycles. The van der Waals surface area contributed by atoms with Gasteiger partial charge in [0.05, 0.1) is 11.9 Å². The molecule has 9 heteroatoms. The van der Waals surface area contributed by atoms with Crippen LogP contribution in [0.15, 0.2) is 29.1 Å². The molecule has 148 valence electrons. The van der Waals surface area contributed by atoms with Gasteiger partial charge in [-0.3, -0.25) is 9.35 Å². The highest BCUT2D eigenvalue weighted by atomic mass is 32.2. The lowest BCUT2D eigenvalue weighted by atomic mass is 10.00. The molecule has 1 aromatic carbocycles.